The van der Waals surface area contributed by atoms with Gasteiger partial charge in [0.15, 0.2) is 0 Å². The van der Waals surface area contributed by atoms with E-state index in [1.165, 1.54) is 12.0 Å². The number of thioether (sulfide) groups is 1. The van der Waals surface area contributed by atoms with Crippen LogP contribution in [0, 0.1) is 5.92 Å². The second kappa shape index (κ2) is 5.72. The van der Waals surface area contributed by atoms with E-state index in [4.69, 9.17) is 0 Å². The summed E-state index contributed by atoms with van der Waals surface area (Å²) in [5.74, 6) is 0.973. The molecule has 0 aromatic heterocycles. The lowest BCUT2D eigenvalue weighted by Crippen LogP contribution is -2.14. The fraction of sp³-hybridized carbons (Fsp3) is 0.533. The molecule has 1 saturated heterocycles. The number of ketones is 1. The maximum atomic E-state index is 11.4. The van der Waals surface area contributed by atoms with E-state index in [1.54, 1.807) is 6.92 Å². The molecule has 2 aliphatic rings. The van der Waals surface area contributed by atoms with Gasteiger partial charge in [0.2, 0.25) is 0 Å². The van der Waals surface area contributed by atoms with Crippen molar-refractivity contribution in [3.8, 4) is 0 Å². The Balaban J connectivity index is 1.91. The highest BCUT2D eigenvalue weighted by Crippen LogP contribution is 2.41. The Hall–Kier alpha value is -0.760. The molecule has 0 radical (unpaired) electrons. The van der Waals surface area contributed by atoms with Gasteiger partial charge in [-0.25, -0.2) is 0 Å². The van der Waals surface area contributed by atoms with Crippen molar-refractivity contribution < 1.29 is 4.79 Å². The molecular formula is C15H20OS. The highest BCUT2D eigenvalue weighted by molar-refractivity contribution is 8.01. The van der Waals surface area contributed by atoms with Crippen molar-refractivity contribution in [1.29, 1.82) is 0 Å². The highest BCUT2D eigenvalue weighted by atomic mass is 32.2. The first-order valence-electron chi connectivity index (χ1n) is 6.37. The quantitative estimate of drug-likeness (QED) is 0.753. The summed E-state index contributed by atoms with van der Waals surface area (Å²) < 4.78 is 0. The number of Topliss-reactive ketones (excluding diaryl/α,β-unsaturated/α-hetero) is 1. The molecule has 1 heterocycles. The summed E-state index contributed by atoms with van der Waals surface area (Å²) in [7, 11) is 0. The standard InChI is InChI=1S/C15H20OS/c1-3-4-12-5-7-13(8-6-12)15-10-9-14(17-15)11(2)16/h3-7,13-15H,8-10H2,1-2H3/b4-3+. The van der Waals surface area contributed by atoms with Crippen LogP contribution in [-0.2, 0) is 4.79 Å². The number of rotatable bonds is 3. The van der Waals surface area contributed by atoms with Crippen molar-refractivity contribution >= 4 is 17.5 Å². The summed E-state index contributed by atoms with van der Waals surface area (Å²) in [5.41, 5.74) is 1.31. The number of allylic oxidation sites excluding steroid dienone is 6. The lowest BCUT2D eigenvalue weighted by atomic mass is 9.91. The van der Waals surface area contributed by atoms with Crippen LogP contribution in [0.15, 0.2) is 36.0 Å². The zero-order chi connectivity index (χ0) is 12.3. The topological polar surface area (TPSA) is 17.1 Å². The van der Waals surface area contributed by atoms with Gasteiger partial charge in [-0.15, -0.1) is 11.8 Å². The van der Waals surface area contributed by atoms with E-state index in [0.29, 0.717) is 17.0 Å². The maximum Gasteiger partial charge on any atom is 0.142 e. The van der Waals surface area contributed by atoms with Crippen molar-refractivity contribution in [3.63, 3.8) is 0 Å². The molecule has 0 bridgehead atoms. The molecule has 2 rings (SSSR count). The van der Waals surface area contributed by atoms with E-state index in [2.05, 4.69) is 30.4 Å². The molecule has 0 amide bonds. The minimum absolute atomic E-state index is 0.259. The van der Waals surface area contributed by atoms with Crippen LogP contribution >= 0.6 is 11.8 Å². The summed E-state index contributed by atoms with van der Waals surface area (Å²) in [6, 6.07) is 0. The Kier molecular flexibility index (Phi) is 4.27. The molecule has 0 aromatic rings. The molecule has 3 unspecified atom stereocenters. The third-order valence-electron chi connectivity index (χ3n) is 3.50. The van der Waals surface area contributed by atoms with Gasteiger partial charge in [0.25, 0.3) is 0 Å². The van der Waals surface area contributed by atoms with Gasteiger partial charge >= 0.3 is 0 Å². The zero-order valence-corrected chi connectivity index (χ0v) is 11.4. The first-order valence-corrected chi connectivity index (χ1v) is 7.32. The molecule has 92 valence electrons. The van der Waals surface area contributed by atoms with Crippen LogP contribution in [0.1, 0.15) is 33.1 Å². The first kappa shape index (κ1) is 12.7. The summed E-state index contributed by atoms with van der Waals surface area (Å²) in [4.78, 5) is 11.4. The van der Waals surface area contributed by atoms with Gasteiger partial charge in [0.1, 0.15) is 5.78 Å². The largest absolute Gasteiger partial charge is 0.299 e. The van der Waals surface area contributed by atoms with Crippen LogP contribution < -0.4 is 0 Å². The Morgan fingerprint density at radius 3 is 2.82 bits per heavy atom. The molecule has 17 heavy (non-hydrogen) atoms. The number of carbonyl (C=O) groups is 1. The van der Waals surface area contributed by atoms with Gasteiger partial charge in [0, 0.05) is 5.25 Å². The van der Waals surface area contributed by atoms with Crippen LogP contribution in [0.25, 0.3) is 0 Å². The number of carbonyl (C=O) groups excluding carboxylic acids is 1. The molecule has 1 nitrogen and oxygen atoms in total. The zero-order valence-electron chi connectivity index (χ0n) is 10.6. The van der Waals surface area contributed by atoms with Gasteiger partial charge in [-0.3, -0.25) is 4.79 Å². The van der Waals surface area contributed by atoms with Crippen molar-refractivity contribution in [2.24, 2.45) is 5.92 Å². The molecule has 0 N–H and O–H groups in total. The second-order valence-corrected chi connectivity index (χ2v) is 6.26. The van der Waals surface area contributed by atoms with E-state index >= 15 is 0 Å². The average molecular weight is 248 g/mol. The van der Waals surface area contributed by atoms with Crippen molar-refractivity contribution in [3.05, 3.63) is 36.0 Å². The van der Waals surface area contributed by atoms with Crippen molar-refractivity contribution in [1.82, 2.24) is 0 Å². The SMILES string of the molecule is C/C=C/C1=CCC(C2CCC(C(C)=O)S2)C=C1. The maximum absolute atomic E-state index is 11.4. The Morgan fingerprint density at radius 1 is 1.47 bits per heavy atom. The van der Waals surface area contributed by atoms with Gasteiger partial charge < -0.3 is 0 Å². The smallest absolute Gasteiger partial charge is 0.142 e. The molecule has 1 fully saturated rings. The van der Waals surface area contributed by atoms with Crippen molar-refractivity contribution in [2.45, 2.75) is 43.6 Å². The highest BCUT2D eigenvalue weighted by Gasteiger charge is 2.32. The Bertz CT molecular complexity index is 378. The van der Waals surface area contributed by atoms with E-state index in [-0.39, 0.29) is 5.25 Å². The summed E-state index contributed by atoms with van der Waals surface area (Å²) in [5, 5.41) is 0.901. The predicted molar refractivity (Wildman–Crippen MR) is 75.2 cm³/mol. The van der Waals surface area contributed by atoms with Gasteiger partial charge in [-0.1, -0.05) is 30.4 Å². The molecule has 1 aliphatic carbocycles. The minimum Gasteiger partial charge on any atom is -0.299 e. The van der Waals surface area contributed by atoms with Gasteiger partial charge in [-0.2, -0.15) is 0 Å². The van der Waals surface area contributed by atoms with E-state index in [9.17, 15) is 4.79 Å². The third kappa shape index (κ3) is 3.12. The first-order chi connectivity index (χ1) is 8.20. The fourth-order valence-electron chi connectivity index (χ4n) is 2.52. The number of hydrogen-bond acceptors (Lipinski definition) is 2. The van der Waals surface area contributed by atoms with Crippen LogP contribution in [0.5, 0.6) is 0 Å². The third-order valence-corrected chi connectivity index (χ3v) is 5.34. The summed E-state index contributed by atoms with van der Waals surface area (Å²) in [6.45, 7) is 3.77. The molecule has 3 atom stereocenters. The fourth-order valence-corrected chi connectivity index (χ4v) is 4.08. The Morgan fingerprint density at radius 2 is 2.29 bits per heavy atom. The van der Waals surface area contributed by atoms with Crippen LogP contribution in [0.2, 0.25) is 0 Å². The molecule has 0 saturated carbocycles. The van der Waals surface area contributed by atoms with Crippen LogP contribution in [0.3, 0.4) is 0 Å². The molecular weight excluding hydrogens is 228 g/mol. The molecule has 2 heteroatoms. The summed E-state index contributed by atoms with van der Waals surface area (Å²) in [6.07, 6.45) is 14.5. The van der Waals surface area contributed by atoms with Gasteiger partial charge in [0.05, 0.1) is 5.25 Å². The van der Waals surface area contributed by atoms with Crippen molar-refractivity contribution in [2.75, 3.05) is 0 Å². The summed E-state index contributed by atoms with van der Waals surface area (Å²) >= 11 is 1.89. The van der Waals surface area contributed by atoms with Crippen LogP contribution in [0.4, 0.5) is 0 Å². The average Bonchev–Trinajstić information content (AvgIpc) is 2.80. The molecule has 0 aromatic carbocycles. The van der Waals surface area contributed by atoms with Gasteiger partial charge in [-0.05, 0) is 44.6 Å². The predicted octanol–water partition coefficient (Wildman–Crippen LogP) is 3.92. The lowest BCUT2D eigenvalue weighted by Gasteiger charge is -2.21. The minimum atomic E-state index is 0.259. The van der Waals surface area contributed by atoms with Crippen LogP contribution in [-0.4, -0.2) is 16.3 Å². The van der Waals surface area contributed by atoms with E-state index < -0.39 is 0 Å². The second-order valence-electron chi connectivity index (χ2n) is 4.81. The normalized spacial score (nSPS) is 33.1. The lowest BCUT2D eigenvalue weighted by molar-refractivity contribution is -0.116. The van der Waals surface area contributed by atoms with E-state index in [0.717, 1.165) is 12.8 Å². The Labute approximate surface area is 108 Å². The number of hydrogen-bond donors (Lipinski definition) is 0. The molecule has 0 spiro atoms. The molecule has 1 aliphatic heterocycles. The van der Waals surface area contributed by atoms with E-state index in [1.807, 2.05) is 18.7 Å². The monoisotopic (exact) mass is 248 g/mol.